The number of hydrogen-bond donors (Lipinski definition) is 1. The average Bonchev–Trinajstić information content (AvgIpc) is 3.22. The Morgan fingerprint density at radius 2 is 1.90 bits per heavy atom. The van der Waals surface area contributed by atoms with Gasteiger partial charge in [-0.05, 0) is 44.2 Å². The molecule has 0 bridgehead atoms. The quantitative estimate of drug-likeness (QED) is 0.525. The molecule has 3 atom stereocenters. The lowest BCUT2D eigenvalue weighted by atomic mass is 10.0. The third-order valence-electron chi connectivity index (χ3n) is 4.96. The maximum Gasteiger partial charge on any atom is 0.243 e. The minimum absolute atomic E-state index is 0.00810. The molecular weight excluding hydrogens is 429 g/mol. The van der Waals surface area contributed by atoms with Crippen LogP contribution in [0.4, 0.5) is 4.39 Å². The Kier molecular flexibility index (Phi) is 9.32. The van der Waals surface area contributed by atoms with E-state index in [9.17, 15) is 17.9 Å². The van der Waals surface area contributed by atoms with E-state index >= 15 is 0 Å². The van der Waals surface area contributed by atoms with Crippen LogP contribution in [0.1, 0.15) is 18.9 Å². The van der Waals surface area contributed by atoms with Crippen LogP contribution < -0.4 is 0 Å². The summed E-state index contributed by atoms with van der Waals surface area (Å²) in [5.41, 5.74) is 0. The molecule has 168 valence electrons. The molecule has 2 rings (SSSR count). The van der Waals surface area contributed by atoms with Crippen LogP contribution in [0.2, 0.25) is 0 Å². The largest absolute Gasteiger partial charge is 0.395 e. The first-order valence-corrected chi connectivity index (χ1v) is 12.0. The van der Waals surface area contributed by atoms with E-state index in [4.69, 9.17) is 4.74 Å². The molecule has 1 N–H and O–H groups in total. The van der Waals surface area contributed by atoms with E-state index in [0.717, 1.165) is 17.1 Å². The fourth-order valence-corrected chi connectivity index (χ4v) is 5.59. The Balaban J connectivity index is 2.14. The van der Waals surface area contributed by atoms with Gasteiger partial charge in [0, 0.05) is 37.8 Å². The summed E-state index contributed by atoms with van der Waals surface area (Å²) in [6, 6.07) is 4.07. The Labute approximate surface area is 182 Å². The van der Waals surface area contributed by atoms with Crippen molar-refractivity contribution in [2.75, 3.05) is 33.9 Å². The van der Waals surface area contributed by atoms with E-state index in [1.54, 1.807) is 31.6 Å². The van der Waals surface area contributed by atoms with Crippen molar-refractivity contribution in [2.24, 2.45) is 5.92 Å². The summed E-state index contributed by atoms with van der Waals surface area (Å²) in [6.45, 7) is 4.66. The molecule has 0 radical (unpaired) electrons. The first-order chi connectivity index (χ1) is 14.2. The van der Waals surface area contributed by atoms with Crippen LogP contribution in [-0.4, -0.2) is 73.7 Å². The normalized spacial score (nSPS) is 15.5. The minimum atomic E-state index is -3.91. The first kappa shape index (κ1) is 24.8. The molecule has 1 heterocycles. The highest BCUT2D eigenvalue weighted by molar-refractivity contribution is 7.89. The van der Waals surface area contributed by atoms with Gasteiger partial charge in [-0.2, -0.15) is 4.31 Å². The lowest BCUT2D eigenvalue weighted by Gasteiger charge is -2.33. The van der Waals surface area contributed by atoms with Crippen molar-refractivity contribution in [3.8, 4) is 0 Å². The summed E-state index contributed by atoms with van der Waals surface area (Å²) in [5, 5.41) is 12.6. The predicted octanol–water partition coefficient (Wildman–Crippen LogP) is 2.44. The summed E-state index contributed by atoms with van der Waals surface area (Å²) < 4.78 is 46.5. The number of benzene rings is 1. The van der Waals surface area contributed by atoms with Gasteiger partial charge in [-0.3, -0.25) is 4.90 Å². The van der Waals surface area contributed by atoms with Crippen molar-refractivity contribution in [1.29, 1.82) is 0 Å². The van der Waals surface area contributed by atoms with Gasteiger partial charge in [0.05, 0.1) is 24.2 Å². The second kappa shape index (κ2) is 11.3. The SMILES string of the molecule is CO[C@@H](CN(C)Cc1nccs1)[C@@H](C)CN([C@H](C)CO)S(=O)(=O)c1ccc(F)cc1. The van der Waals surface area contributed by atoms with Crippen LogP contribution in [0.5, 0.6) is 0 Å². The van der Waals surface area contributed by atoms with E-state index in [2.05, 4.69) is 9.88 Å². The molecule has 2 aromatic rings. The molecule has 7 nitrogen and oxygen atoms in total. The van der Waals surface area contributed by atoms with Gasteiger partial charge in [0.15, 0.2) is 0 Å². The standard InChI is InChI=1S/C20H30FN3O4S2/c1-15(19(28-4)12-23(3)13-20-22-9-10-29-20)11-24(16(2)14-25)30(26,27)18-7-5-17(21)6-8-18/h5-10,15-16,19,25H,11-14H2,1-4H3/t15-,16+,19-/m0/s1. The molecule has 1 aromatic carbocycles. The van der Waals surface area contributed by atoms with Gasteiger partial charge in [-0.15, -0.1) is 11.3 Å². The van der Waals surface area contributed by atoms with Crippen molar-refractivity contribution in [2.45, 2.75) is 37.4 Å². The topological polar surface area (TPSA) is 83.0 Å². The fourth-order valence-electron chi connectivity index (χ4n) is 3.17. The first-order valence-electron chi connectivity index (χ1n) is 9.67. The van der Waals surface area contributed by atoms with Crippen LogP contribution in [-0.2, 0) is 21.3 Å². The maximum absolute atomic E-state index is 13.2. The molecule has 10 heteroatoms. The zero-order valence-corrected chi connectivity index (χ0v) is 19.4. The lowest BCUT2D eigenvalue weighted by Crippen LogP contribution is -2.46. The summed E-state index contributed by atoms with van der Waals surface area (Å²) in [7, 11) is -0.341. The number of nitrogens with zero attached hydrogens (tertiary/aromatic N) is 3. The summed E-state index contributed by atoms with van der Waals surface area (Å²) >= 11 is 1.58. The summed E-state index contributed by atoms with van der Waals surface area (Å²) in [6.07, 6.45) is 1.53. The third-order valence-corrected chi connectivity index (χ3v) is 7.72. The van der Waals surface area contributed by atoms with Crippen LogP contribution in [0, 0.1) is 11.7 Å². The molecule has 0 saturated heterocycles. The van der Waals surface area contributed by atoms with Crippen molar-refractivity contribution in [1.82, 2.24) is 14.2 Å². The summed E-state index contributed by atoms with van der Waals surface area (Å²) in [5.74, 6) is -0.662. The average molecular weight is 460 g/mol. The van der Waals surface area contributed by atoms with Crippen LogP contribution >= 0.6 is 11.3 Å². The van der Waals surface area contributed by atoms with E-state index in [0.29, 0.717) is 13.1 Å². The maximum atomic E-state index is 13.2. The number of aliphatic hydroxyl groups excluding tert-OH is 1. The Morgan fingerprint density at radius 1 is 1.23 bits per heavy atom. The number of aliphatic hydroxyl groups is 1. The number of likely N-dealkylation sites (N-methyl/N-ethyl adjacent to an activating group) is 1. The van der Waals surface area contributed by atoms with E-state index in [1.165, 1.54) is 16.4 Å². The molecule has 1 aromatic heterocycles. The number of ether oxygens (including phenoxy) is 1. The van der Waals surface area contributed by atoms with Crippen molar-refractivity contribution >= 4 is 21.4 Å². The van der Waals surface area contributed by atoms with Gasteiger partial charge in [0.2, 0.25) is 10.0 Å². The molecule has 30 heavy (non-hydrogen) atoms. The van der Waals surface area contributed by atoms with Crippen molar-refractivity contribution in [3.63, 3.8) is 0 Å². The Morgan fingerprint density at radius 3 is 2.43 bits per heavy atom. The van der Waals surface area contributed by atoms with Crippen LogP contribution in [0.15, 0.2) is 40.7 Å². The molecule has 0 aliphatic heterocycles. The smallest absolute Gasteiger partial charge is 0.243 e. The number of halogens is 1. The molecule has 0 spiro atoms. The molecule has 0 saturated carbocycles. The number of thiazole rings is 1. The van der Waals surface area contributed by atoms with Gasteiger partial charge < -0.3 is 9.84 Å². The van der Waals surface area contributed by atoms with Gasteiger partial charge in [0.25, 0.3) is 0 Å². The highest BCUT2D eigenvalue weighted by Gasteiger charge is 2.32. The van der Waals surface area contributed by atoms with Gasteiger partial charge in [-0.25, -0.2) is 17.8 Å². The number of aromatic nitrogens is 1. The second-order valence-electron chi connectivity index (χ2n) is 7.43. The van der Waals surface area contributed by atoms with E-state index < -0.39 is 21.9 Å². The Bertz CT molecular complexity index is 863. The zero-order valence-electron chi connectivity index (χ0n) is 17.7. The number of rotatable bonds is 12. The van der Waals surface area contributed by atoms with E-state index in [-0.39, 0.29) is 30.1 Å². The van der Waals surface area contributed by atoms with Crippen molar-refractivity contribution in [3.05, 3.63) is 46.7 Å². The molecule has 0 unspecified atom stereocenters. The third kappa shape index (κ3) is 6.53. The number of sulfonamides is 1. The van der Waals surface area contributed by atoms with Crippen molar-refractivity contribution < 1.29 is 22.7 Å². The summed E-state index contributed by atoms with van der Waals surface area (Å²) in [4.78, 5) is 6.36. The second-order valence-corrected chi connectivity index (χ2v) is 10.3. The monoisotopic (exact) mass is 459 g/mol. The fraction of sp³-hybridized carbons (Fsp3) is 0.550. The lowest BCUT2D eigenvalue weighted by molar-refractivity contribution is 0.0221. The van der Waals surface area contributed by atoms with Crippen LogP contribution in [0.25, 0.3) is 0 Å². The highest BCUT2D eigenvalue weighted by Crippen LogP contribution is 2.22. The predicted molar refractivity (Wildman–Crippen MR) is 115 cm³/mol. The van der Waals surface area contributed by atoms with E-state index in [1.807, 2.05) is 19.4 Å². The molecule has 0 amide bonds. The zero-order chi connectivity index (χ0) is 22.3. The van der Waals surface area contributed by atoms with Crippen LogP contribution in [0.3, 0.4) is 0 Å². The number of hydrogen-bond acceptors (Lipinski definition) is 7. The molecule has 0 aliphatic rings. The highest BCUT2D eigenvalue weighted by atomic mass is 32.2. The minimum Gasteiger partial charge on any atom is -0.395 e. The Hall–Kier alpha value is -1.43. The molecular formula is C20H30FN3O4S2. The number of methoxy groups -OCH3 is 1. The molecule has 0 fully saturated rings. The van der Waals surface area contributed by atoms with Gasteiger partial charge in [0.1, 0.15) is 10.8 Å². The van der Waals surface area contributed by atoms with Gasteiger partial charge >= 0.3 is 0 Å². The molecule has 0 aliphatic carbocycles. The van der Waals surface area contributed by atoms with Gasteiger partial charge in [-0.1, -0.05) is 6.92 Å².